The number of imide groups is 1. The fraction of sp³-hybridized carbons (Fsp3) is 0.217. The van der Waals surface area contributed by atoms with Gasteiger partial charge in [-0.05, 0) is 67.1 Å². The molecule has 0 radical (unpaired) electrons. The number of carbonyl (C=O) groups excluding carboxylic acids is 3. The van der Waals surface area contributed by atoms with E-state index in [1.54, 1.807) is 56.3 Å². The van der Waals surface area contributed by atoms with E-state index in [4.69, 9.17) is 14.6 Å². The number of carboxylic acids is 1. The zero-order valence-corrected chi connectivity index (χ0v) is 18.3. The first-order valence-corrected chi connectivity index (χ1v) is 10.5. The van der Waals surface area contributed by atoms with E-state index in [2.05, 4.69) is 0 Å². The number of esters is 1. The molecule has 1 heterocycles. The maximum absolute atomic E-state index is 12.5. The number of carbonyl (C=O) groups is 4. The minimum absolute atomic E-state index is 0.208. The molecule has 0 spiro atoms. The fourth-order valence-corrected chi connectivity index (χ4v) is 3.63. The molecule has 0 aliphatic carbocycles. The van der Waals surface area contributed by atoms with Crippen molar-refractivity contribution >= 4 is 40.9 Å². The quantitative estimate of drug-likeness (QED) is 0.471. The Morgan fingerprint density at radius 1 is 1.06 bits per heavy atom. The summed E-state index contributed by atoms with van der Waals surface area (Å²) in [7, 11) is 0. The van der Waals surface area contributed by atoms with Crippen molar-refractivity contribution in [2.75, 3.05) is 6.54 Å². The van der Waals surface area contributed by atoms with E-state index in [9.17, 15) is 19.2 Å². The molecule has 0 atom stereocenters. The fourth-order valence-electron chi connectivity index (χ4n) is 2.79. The Morgan fingerprint density at radius 2 is 1.72 bits per heavy atom. The predicted molar refractivity (Wildman–Crippen MR) is 118 cm³/mol. The maximum Gasteiger partial charge on any atom is 0.335 e. The van der Waals surface area contributed by atoms with Crippen molar-refractivity contribution in [2.45, 2.75) is 26.6 Å². The molecule has 0 aromatic heterocycles. The Balaban J connectivity index is 1.59. The molecule has 1 N–H and O–H groups in total. The van der Waals surface area contributed by atoms with E-state index in [1.165, 1.54) is 12.1 Å². The number of carboxylic acid groups (broad SMARTS) is 1. The van der Waals surface area contributed by atoms with Gasteiger partial charge in [-0.15, -0.1) is 0 Å². The zero-order chi connectivity index (χ0) is 23.3. The van der Waals surface area contributed by atoms with Crippen molar-refractivity contribution in [2.24, 2.45) is 0 Å². The number of thioether (sulfide) groups is 1. The molecule has 1 saturated heterocycles. The zero-order valence-electron chi connectivity index (χ0n) is 17.4. The summed E-state index contributed by atoms with van der Waals surface area (Å²) >= 11 is 0.770. The van der Waals surface area contributed by atoms with E-state index < -0.39 is 29.6 Å². The summed E-state index contributed by atoms with van der Waals surface area (Å²) in [4.78, 5) is 48.3. The lowest BCUT2D eigenvalue weighted by Crippen LogP contribution is -2.35. The Hall–Kier alpha value is -3.59. The van der Waals surface area contributed by atoms with Crippen LogP contribution in [0, 0.1) is 0 Å². The highest BCUT2D eigenvalue weighted by Crippen LogP contribution is 2.32. The van der Waals surface area contributed by atoms with Gasteiger partial charge in [0.05, 0.1) is 16.6 Å². The van der Waals surface area contributed by atoms with E-state index in [0.29, 0.717) is 11.3 Å². The SMILES string of the molecule is CC(C)OC(=O)CN1C(=O)S/C(=C/c2ccc(OCc3ccc(C(=O)O)cc3)cc2)C1=O. The van der Waals surface area contributed by atoms with Gasteiger partial charge >= 0.3 is 11.9 Å². The van der Waals surface area contributed by atoms with Crippen LogP contribution in [0.5, 0.6) is 5.75 Å². The molecule has 166 valence electrons. The first kappa shape index (κ1) is 23.1. The predicted octanol–water partition coefficient (Wildman–Crippen LogP) is 3.95. The topological polar surface area (TPSA) is 110 Å². The number of hydrogen-bond acceptors (Lipinski definition) is 7. The normalized spacial score (nSPS) is 14.8. The first-order valence-electron chi connectivity index (χ1n) is 9.73. The smallest absolute Gasteiger partial charge is 0.335 e. The minimum Gasteiger partial charge on any atom is -0.489 e. The maximum atomic E-state index is 12.5. The van der Waals surface area contributed by atoms with Gasteiger partial charge in [-0.3, -0.25) is 19.3 Å². The van der Waals surface area contributed by atoms with Crippen LogP contribution >= 0.6 is 11.8 Å². The van der Waals surface area contributed by atoms with Crippen molar-refractivity contribution < 1.29 is 33.8 Å². The highest BCUT2D eigenvalue weighted by molar-refractivity contribution is 8.18. The average molecular weight is 455 g/mol. The van der Waals surface area contributed by atoms with Gasteiger partial charge in [-0.25, -0.2) is 4.79 Å². The van der Waals surface area contributed by atoms with Crippen molar-refractivity contribution in [3.05, 3.63) is 70.1 Å². The molecule has 9 heteroatoms. The van der Waals surface area contributed by atoms with Gasteiger partial charge in [0.15, 0.2) is 0 Å². The largest absolute Gasteiger partial charge is 0.489 e. The summed E-state index contributed by atoms with van der Waals surface area (Å²) in [6.07, 6.45) is 1.25. The summed E-state index contributed by atoms with van der Waals surface area (Å²) in [5.74, 6) is -1.57. The number of rotatable bonds is 8. The highest BCUT2D eigenvalue weighted by atomic mass is 32.2. The van der Waals surface area contributed by atoms with Crippen LogP contribution in [0.1, 0.15) is 35.3 Å². The summed E-state index contributed by atoms with van der Waals surface area (Å²) < 4.78 is 10.7. The Bertz CT molecular complexity index is 1060. The Morgan fingerprint density at radius 3 is 2.31 bits per heavy atom. The second-order valence-electron chi connectivity index (χ2n) is 7.17. The van der Waals surface area contributed by atoms with Crippen LogP contribution in [-0.2, 0) is 20.9 Å². The van der Waals surface area contributed by atoms with E-state index >= 15 is 0 Å². The molecule has 0 saturated carbocycles. The lowest BCUT2D eigenvalue weighted by Gasteiger charge is -2.13. The van der Waals surface area contributed by atoms with Gasteiger partial charge in [0, 0.05) is 0 Å². The summed E-state index contributed by atoms with van der Waals surface area (Å²) in [5, 5.41) is 8.41. The second kappa shape index (κ2) is 10.1. The van der Waals surface area contributed by atoms with Crippen LogP contribution in [0.4, 0.5) is 4.79 Å². The number of hydrogen-bond donors (Lipinski definition) is 1. The number of nitrogens with zero attached hydrogens (tertiary/aromatic N) is 1. The molecule has 2 aromatic carbocycles. The summed E-state index contributed by atoms with van der Waals surface area (Å²) in [6.45, 7) is 3.23. The van der Waals surface area contributed by atoms with Gasteiger partial charge in [0.1, 0.15) is 18.9 Å². The second-order valence-corrected chi connectivity index (χ2v) is 8.16. The average Bonchev–Trinajstić information content (AvgIpc) is 3.00. The molecule has 1 fully saturated rings. The van der Waals surface area contributed by atoms with E-state index in [1.807, 2.05) is 0 Å². The molecule has 3 rings (SSSR count). The van der Waals surface area contributed by atoms with Gasteiger partial charge in [-0.2, -0.15) is 0 Å². The number of aromatic carboxylic acids is 1. The monoisotopic (exact) mass is 455 g/mol. The van der Waals surface area contributed by atoms with Crippen molar-refractivity contribution in [1.82, 2.24) is 4.90 Å². The van der Waals surface area contributed by atoms with Crippen molar-refractivity contribution in [3.63, 3.8) is 0 Å². The number of benzene rings is 2. The summed E-state index contributed by atoms with van der Waals surface area (Å²) in [5.41, 5.74) is 1.72. The van der Waals surface area contributed by atoms with Crippen molar-refractivity contribution in [3.8, 4) is 5.75 Å². The lowest BCUT2D eigenvalue weighted by atomic mass is 10.1. The van der Waals surface area contributed by atoms with Crippen LogP contribution in [0.25, 0.3) is 6.08 Å². The van der Waals surface area contributed by atoms with Gasteiger partial charge in [-0.1, -0.05) is 24.3 Å². The molecule has 2 amide bonds. The Kier molecular flexibility index (Phi) is 7.32. The molecule has 32 heavy (non-hydrogen) atoms. The molecular weight excluding hydrogens is 434 g/mol. The standard InChI is InChI=1S/C23H21NO7S/c1-14(2)31-20(25)12-24-21(26)19(32-23(24)29)11-15-5-9-18(10-6-15)30-13-16-3-7-17(8-4-16)22(27)28/h3-11,14H,12-13H2,1-2H3,(H,27,28)/b19-11+. The van der Waals surface area contributed by atoms with Crippen LogP contribution in [-0.4, -0.2) is 45.7 Å². The Labute approximate surface area is 188 Å². The van der Waals surface area contributed by atoms with Crippen LogP contribution in [0.15, 0.2) is 53.4 Å². The lowest BCUT2D eigenvalue weighted by molar-refractivity contribution is -0.149. The van der Waals surface area contributed by atoms with Crippen LogP contribution in [0.3, 0.4) is 0 Å². The third-order valence-corrected chi connectivity index (χ3v) is 5.22. The molecule has 2 aromatic rings. The van der Waals surface area contributed by atoms with E-state index in [0.717, 1.165) is 22.2 Å². The molecule has 0 unspecified atom stereocenters. The molecular formula is C23H21NO7S. The van der Waals surface area contributed by atoms with Crippen LogP contribution in [0.2, 0.25) is 0 Å². The van der Waals surface area contributed by atoms with Crippen LogP contribution < -0.4 is 4.74 Å². The van der Waals surface area contributed by atoms with Gasteiger partial charge in [0.25, 0.3) is 11.1 Å². The van der Waals surface area contributed by atoms with Crippen molar-refractivity contribution in [1.29, 1.82) is 0 Å². The first-order chi connectivity index (χ1) is 15.2. The van der Waals surface area contributed by atoms with Gasteiger partial charge < -0.3 is 14.6 Å². The third-order valence-electron chi connectivity index (χ3n) is 4.31. The number of amides is 2. The molecule has 1 aliphatic rings. The third kappa shape index (κ3) is 5.98. The summed E-state index contributed by atoms with van der Waals surface area (Å²) in [6, 6.07) is 13.3. The number of ether oxygens (including phenoxy) is 2. The molecule has 0 bridgehead atoms. The van der Waals surface area contributed by atoms with Gasteiger partial charge in [0.2, 0.25) is 0 Å². The molecule has 8 nitrogen and oxygen atoms in total. The highest BCUT2D eigenvalue weighted by Gasteiger charge is 2.36. The molecule has 1 aliphatic heterocycles. The minimum atomic E-state index is -0.985. The van der Waals surface area contributed by atoms with E-state index in [-0.39, 0.29) is 23.2 Å².